The number of para-hydroxylation sites is 1. The Morgan fingerprint density at radius 3 is 2.56 bits per heavy atom. The van der Waals surface area contributed by atoms with Crippen LogP contribution in [0.4, 0.5) is 0 Å². The molecule has 0 saturated heterocycles. The van der Waals surface area contributed by atoms with Gasteiger partial charge in [0.1, 0.15) is 18.9 Å². The molecule has 0 atom stereocenters. The van der Waals surface area contributed by atoms with Crippen LogP contribution in [-0.2, 0) is 6.54 Å². The van der Waals surface area contributed by atoms with Gasteiger partial charge in [0.15, 0.2) is 0 Å². The fourth-order valence-electron chi connectivity index (χ4n) is 3.69. The molecule has 0 radical (unpaired) electrons. The first-order valence-electron chi connectivity index (χ1n) is 8.90. The smallest absolute Gasteiger partial charge is 0.250 e. The van der Waals surface area contributed by atoms with Gasteiger partial charge in [0.2, 0.25) is 12.1 Å². The lowest BCUT2D eigenvalue weighted by molar-refractivity contribution is -0.687. The fourth-order valence-corrected chi connectivity index (χ4v) is 3.69. The van der Waals surface area contributed by atoms with Gasteiger partial charge in [-0.05, 0) is 35.4 Å². The summed E-state index contributed by atoms with van der Waals surface area (Å²) in [5.41, 5.74) is 3.75. The van der Waals surface area contributed by atoms with Gasteiger partial charge in [-0.2, -0.15) is 4.57 Å². The number of aromatic nitrogens is 3. The third-order valence-corrected chi connectivity index (χ3v) is 5.07. The highest BCUT2D eigenvalue weighted by Gasteiger charge is 2.14. The number of hydrogen-bond acceptors (Lipinski definition) is 0. The number of nitrogens with zero attached hydrogens (tertiary/aromatic N) is 2. The summed E-state index contributed by atoms with van der Waals surface area (Å²) in [5.74, 6) is 1.13. The van der Waals surface area contributed by atoms with Crippen molar-refractivity contribution in [3.8, 4) is 5.82 Å². The van der Waals surface area contributed by atoms with Crippen LogP contribution in [0.2, 0.25) is 0 Å². The standard InChI is InChI=1S/C23H20N3.BrH/c1-17-21-8-4-5-9-22(21)24-23(17)26-13-12-25(16-26)15-18-10-11-19-6-2-3-7-20(19)14-18;/h2-14,16,24H,15H2,1H3;1H/q+1;/p-1. The highest BCUT2D eigenvalue weighted by atomic mass is 79.9. The molecule has 0 aliphatic heterocycles. The van der Waals surface area contributed by atoms with E-state index >= 15 is 0 Å². The van der Waals surface area contributed by atoms with Gasteiger partial charge in [-0.3, -0.25) is 0 Å². The molecule has 4 heteroatoms. The van der Waals surface area contributed by atoms with Crippen LogP contribution >= 0.6 is 0 Å². The van der Waals surface area contributed by atoms with Gasteiger partial charge in [0.05, 0.1) is 0 Å². The minimum Gasteiger partial charge on any atom is -1.00 e. The lowest BCUT2D eigenvalue weighted by atomic mass is 10.1. The summed E-state index contributed by atoms with van der Waals surface area (Å²) in [7, 11) is 0. The van der Waals surface area contributed by atoms with Crippen LogP contribution in [0.25, 0.3) is 27.5 Å². The number of hydrogen-bond donors (Lipinski definition) is 1. The predicted octanol–water partition coefficient (Wildman–Crippen LogP) is 1.76. The minimum absolute atomic E-state index is 0. The predicted molar refractivity (Wildman–Crippen MR) is 106 cm³/mol. The zero-order chi connectivity index (χ0) is 17.5. The molecule has 3 aromatic carbocycles. The number of benzene rings is 3. The number of fused-ring (bicyclic) bond motifs is 2. The highest BCUT2D eigenvalue weighted by Crippen LogP contribution is 2.23. The quantitative estimate of drug-likeness (QED) is 0.432. The van der Waals surface area contributed by atoms with Crippen molar-refractivity contribution < 1.29 is 21.5 Å². The molecule has 0 amide bonds. The maximum absolute atomic E-state index is 3.53. The highest BCUT2D eigenvalue weighted by molar-refractivity contribution is 5.86. The number of aromatic amines is 1. The summed E-state index contributed by atoms with van der Waals surface area (Å²) >= 11 is 0. The van der Waals surface area contributed by atoms with Crippen molar-refractivity contribution in [3.05, 3.63) is 96.6 Å². The summed E-state index contributed by atoms with van der Waals surface area (Å²) in [6, 6.07) is 23.6. The van der Waals surface area contributed by atoms with Crippen molar-refractivity contribution in [2.24, 2.45) is 0 Å². The normalized spacial score (nSPS) is 11.0. The maximum atomic E-state index is 3.53. The van der Waals surface area contributed by atoms with E-state index < -0.39 is 0 Å². The molecule has 5 rings (SSSR count). The van der Waals surface area contributed by atoms with Crippen LogP contribution in [0, 0.1) is 6.92 Å². The van der Waals surface area contributed by atoms with Crippen LogP contribution in [0.15, 0.2) is 85.5 Å². The molecule has 2 heterocycles. The van der Waals surface area contributed by atoms with E-state index in [-0.39, 0.29) is 17.0 Å². The van der Waals surface area contributed by atoms with E-state index in [1.807, 2.05) is 0 Å². The van der Waals surface area contributed by atoms with Gasteiger partial charge in [0, 0.05) is 16.5 Å². The van der Waals surface area contributed by atoms with Crippen LogP contribution in [-0.4, -0.2) is 9.55 Å². The SMILES string of the molecule is Cc1c(-n2cc[n+](Cc3ccc4ccccc4c3)c2)[nH]c2ccccc12.[Br-]. The molecule has 0 aliphatic carbocycles. The van der Waals surface area contributed by atoms with Crippen LogP contribution in [0.3, 0.4) is 0 Å². The molecule has 134 valence electrons. The fraction of sp³-hybridized carbons (Fsp3) is 0.0870. The van der Waals surface area contributed by atoms with Gasteiger partial charge < -0.3 is 22.0 Å². The van der Waals surface area contributed by atoms with Crippen LogP contribution in [0.1, 0.15) is 11.1 Å². The van der Waals surface area contributed by atoms with Crippen molar-refractivity contribution in [3.63, 3.8) is 0 Å². The molecule has 0 unspecified atom stereocenters. The first-order valence-corrected chi connectivity index (χ1v) is 8.90. The Morgan fingerprint density at radius 1 is 0.926 bits per heavy atom. The molecule has 2 aromatic heterocycles. The number of rotatable bonds is 3. The first-order chi connectivity index (χ1) is 12.8. The van der Waals surface area contributed by atoms with Crippen molar-refractivity contribution in [1.29, 1.82) is 0 Å². The Hall–Kier alpha value is -2.85. The average Bonchev–Trinajstić information content (AvgIpc) is 3.26. The van der Waals surface area contributed by atoms with Crippen molar-refractivity contribution in [1.82, 2.24) is 9.55 Å². The van der Waals surface area contributed by atoms with E-state index in [1.165, 1.54) is 32.8 Å². The van der Waals surface area contributed by atoms with Crippen molar-refractivity contribution >= 4 is 21.7 Å². The second-order valence-electron chi connectivity index (χ2n) is 6.82. The Balaban J connectivity index is 0.00000180. The molecule has 27 heavy (non-hydrogen) atoms. The lowest BCUT2D eigenvalue weighted by Gasteiger charge is -2.01. The third kappa shape index (κ3) is 3.17. The summed E-state index contributed by atoms with van der Waals surface area (Å²) in [5, 5.41) is 3.85. The Labute approximate surface area is 168 Å². The van der Waals surface area contributed by atoms with Gasteiger partial charge in [-0.15, -0.1) is 0 Å². The number of aryl methyl sites for hydroxylation is 1. The second kappa shape index (κ2) is 7.05. The third-order valence-electron chi connectivity index (χ3n) is 5.07. The zero-order valence-electron chi connectivity index (χ0n) is 15.1. The molecule has 3 nitrogen and oxygen atoms in total. The molecule has 0 bridgehead atoms. The maximum Gasteiger partial charge on any atom is 0.250 e. The van der Waals surface area contributed by atoms with E-state index in [0.717, 1.165) is 12.4 Å². The monoisotopic (exact) mass is 417 g/mol. The van der Waals surface area contributed by atoms with Crippen LogP contribution < -0.4 is 21.5 Å². The molecule has 5 aromatic rings. The van der Waals surface area contributed by atoms with Crippen molar-refractivity contribution in [2.45, 2.75) is 13.5 Å². The number of nitrogens with one attached hydrogen (secondary N) is 1. The topological polar surface area (TPSA) is 24.6 Å². The van der Waals surface area contributed by atoms with Gasteiger partial charge >= 0.3 is 0 Å². The molecule has 0 saturated carbocycles. The lowest BCUT2D eigenvalue weighted by Crippen LogP contribution is -3.00. The molecule has 1 N–H and O–H groups in total. The summed E-state index contributed by atoms with van der Waals surface area (Å²) in [6.45, 7) is 3.03. The Bertz CT molecular complexity index is 1230. The minimum atomic E-state index is 0. The Morgan fingerprint density at radius 2 is 1.70 bits per heavy atom. The van der Waals surface area contributed by atoms with E-state index in [2.05, 4.69) is 106 Å². The van der Waals surface area contributed by atoms with E-state index in [4.69, 9.17) is 0 Å². The van der Waals surface area contributed by atoms with Crippen molar-refractivity contribution in [2.75, 3.05) is 0 Å². The number of imidazole rings is 1. The summed E-state index contributed by atoms with van der Waals surface area (Å²) in [6.07, 6.45) is 6.38. The second-order valence-corrected chi connectivity index (χ2v) is 6.82. The molecule has 0 aliphatic rings. The molecule has 0 fully saturated rings. The number of halogens is 1. The van der Waals surface area contributed by atoms with Gasteiger partial charge in [-0.1, -0.05) is 54.6 Å². The summed E-state index contributed by atoms with van der Waals surface area (Å²) < 4.78 is 4.38. The molecular formula is C23H20BrN3. The van der Waals surface area contributed by atoms with E-state index in [0.29, 0.717) is 0 Å². The summed E-state index contributed by atoms with van der Waals surface area (Å²) in [4.78, 5) is 3.53. The van der Waals surface area contributed by atoms with Crippen LogP contribution in [0.5, 0.6) is 0 Å². The Kier molecular flexibility index (Phi) is 4.58. The average molecular weight is 418 g/mol. The number of H-pyrrole nitrogens is 1. The van der Waals surface area contributed by atoms with E-state index in [1.54, 1.807) is 0 Å². The van der Waals surface area contributed by atoms with E-state index in [9.17, 15) is 0 Å². The largest absolute Gasteiger partial charge is 1.00 e. The van der Waals surface area contributed by atoms with Gasteiger partial charge in [-0.25, -0.2) is 4.57 Å². The zero-order valence-corrected chi connectivity index (χ0v) is 16.6. The van der Waals surface area contributed by atoms with Gasteiger partial charge in [0.25, 0.3) is 0 Å². The molecular weight excluding hydrogens is 398 g/mol. The first kappa shape index (κ1) is 17.6. The molecule has 0 spiro atoms.